The number of para-hydroxylation sites is 2. The first-order valence-corrected chi connectivity index (χ1v) is 11.2. The molecule has 1 saturated heterocycles. The molecule has 2 N–H and O–H groups in total. The molecule has 0 atom stereocenters. The van der Waals surface area contributed by atoms with E-state index in [1.54, 1.807) is 36.4 Å². The van der Waals surface area contributed by atoms with Gasteiger partial charge in [0.1, 0.15) is 5.75 Å². The van der Waals surface area contributed by atoms with Crippen molar-refractivity contribution in [3.05, 3.63) is 48.5 Å². The van der Waals surface area contributed by atoms with Crippen LogP contribution in [0.15, 0.2) is 53.4 Å². The summed E-state index contributed by atoms with van der Waals surface area (Å²) >= 11 is 0. The molecule has 1 aliphatic heterocycles. The van der Waals surface area contributed by atoms with Crippen LogP contribution in [0.4, 0.5) is 11.4 Å². The van der Waals surface area contributed by atoms with E-state index < -0.39 is 15.9 Å². The fraction of sp³-hybridized carbons (Fsp3) is 0.333. The van der Waals surface area contributed by atoms with Crippen molar-refractivity contribution in [1.82, 2.24) is 4.31 Å². The molecule has 3 rings (SSSR count). The van der Waals surface area contributed by atoms with Gasteiger partial charge in [0.15, 0.2) is 6.61 Å². The predicted octanol–water partition coefficient (Wildman–Crippen LogP) is 2.84. The quantitative estimate of drug-likeness (QED) is 0.701. The second kappa shape index (κ2) is 9.73. The molecule has 2 aromatic rings. The van der Waals surface area contributed by atoms with E-state index in [2.05, 4.69) is 10.6 Å². The molecule has 160 valence electrons. The van der Waals surface area contributed by atoms with Crippen molar-refractivity contribution in [3.8, 4) is 5.75 Å². The zero-order valence-corrected chi connectivity index (χ0v) is 17.6. The molecular formula is C21H25N3O5S. The molecule has 0 bridgehead atoms. The Bertz CT molecular complexity index is 1000. The lowest BCUT2D eigenvalue weighted by atomic mass is 10.2. The Morgan fingerprint density at radius 2 is 1.63 bits per heavy atom. The summed E-state index contributed by atoms with van der Waals surface area (Å²) in [5.41, 5.74) is 0.946. The molecule has 0 aliphatic carbocycles. The summed E-state index contributed by atoms with van der Waals surface area (Å²) < 4.78 is 32.4. The lowest BCUT2D eigenvalue weighted by Gasteiger charge is -2.25. The van der Waals surface area contributed by atoms with Crippen LogP contribution in [0.2, 0.25) is 0 Å². The number of piperidine rings is 1. The van der Waals surface area contributed by atoms with Crippen molar-refractivity contribution in [2.75, 3.05) is 30.3 Å². The number of hydrogen-bond donors (Lipinski definition) is 2. The summed E-state index contributed by atoms with van der Waals surface area (Å²) in [6.45, 7) is 2.21. The van der Waals surface area contributed by atoms with Gasteiger partial charge in [-0.2, -0.15) is 4.31 Å². The van der Waals surface area contributed by atoms with E-state index in [4.69, 9.17) is 4.74 Å². The minimum atomic E-state index is -3.51. The van der Waals surface area contributed by atoms with Gasteiger partial charge in [0.2, 0.25) is 15.9 Å². The number of benzene rings is 2. The second-order valence-electron chi connectivity index (χ2n) is 7.00. The molecule has 1 aliphatic rings. The highest BCUT2D eigenvalue weighted by molar-refractivity contribution is 7.89. The van der Waals surface area contributed by atoms with Crippen LogP contribution in [0.5, 0.6) is 5.75 Å². The Morgan fingerprint density at radius 3 is 2.30 bits per heavy atom. The average Bonchev–Trinajstić information content (AvgIpc) is 2.74. The highest BCUT2D eigenvalue weighted by atomic mass is 32.2. The number of carbonyl (C=O) groups excluding carboxylic acids is 2. The maximum Gasteiger partial charge on any atom is 0.262 e. The SMILES string of the molecule is CC(=O)Nc1ccccc1OCC(=O)Nc1ccc(S(=O)(=O)N2CCCCC2)cc1. The number of anilines is 2. The molecule has 0 saturated carbocycles. The topological polar surface area (TPSA) is 105 Å². The van der Waals surface area contributed by atoms with Crippen LogP contribution in [0.3, 0.4) is 0 Å². The average molecular weight is 432 g/mol. The predicted molar refractivity (Wildman–Crippen MR) is 114 cm³/mol. The summed E-state index contributed by atoms with van der Waals surface area (Å²) in [6, 6.07) is 12.9. The van der Waals surface area contributed by atoms with E-state index in [1.807, 2.05) is 0 Å². The molecule has 30 heavy (non-hydrogen) atoms. The van der Waals surface area contributed by atoms with Crippen LogP contribution < -0.4 is 15.4 Å². The molecule has 8 nitrogen and oxygen atoms in total. The molecule has 2 amide bonds. The first-order valence-electron chi connectivity index (χ1n) is 9.76. The third-order valence-corrected chi connectivity index (χ3v) is 6.56. The summed E-state index contributed by atoms with van der Waals surface area (Å²) in [4.78, 5) is 23.7. The molecule has 0 radical (unpaired) electrons. The van der Waals surface area contributed by atoms with Gasteiger partial charge < -0.3 is 15.4 Å². The monoisotopic (exact) mass is 431 g/mol. The summed E-state index contributed by atoms with van der Waals surface area (Å²) in [5.74, 6) is -0.264. The number of nitrogens with zero attached hydrogens (tertiary/aromatic N) is 1. The Kier molecular flexibility index (Phi) is 7.07. The molecule has 9 heteroatoms. The highest BCUT2D eigenvalue weighted by Gasteiger charge is 2.25. The maximum atomic E-state index is 12.7. The van der Waals surface area contributed by atoms with Gasteiger partial charge in [-0.15, -0.1) is 0 Å². The lowest BCUT2D eigenvalue weighted by molar-refractivity contribution is -0.118. The number of carbonyl (C=O) groups is 2. The third kappa shape index (κ3) is 5.58. The standard InChI is InChI=1S/C21H25N3O5S/c1-16(25)22-19-7-3-4-8-20(19)29-15-21(26)23-17-9-11-18(12-10-17)30(27,28)24-13-5-2-6-14-24/h3-4,7-12H,2,5-6,13-15H2,1H3,(H,22,25)(H,23,26). The Hall–Kier alpha value is -2.91. The van der Waals surface area contributed by atoms with Crippen molar-refractivity contribution in [3.63, 3.8) is 0 Å². The van der Waals surface area contributed by atoms with Gasteiger partial charge in [0, 0.05) is 25.7 Å². The zero-order chi connectivity index (χ0) is 21.6. The van der Waals surface area contributed by atoms with Gasteiger partial charge in [0.25, 0.3) is 5.91 Å². The first kappa shape index (κ1) is 21.8. The summed E-state index contributed by atoms with van der Waals surface area (Å²) in [6.07, 6.45) is 2.80. The number of ether oxygens (including phenoxy) is 1. The number of amides is 2. The van der Waals surface area contributed by atoms with Crippen molar-refractivity contribution in [2.24, 2.45) is 0 Å². The van der Waals surface area contributed by atoms with Crippen LogP contribution in [-0.4, -0.2) is 44.2 Å². The van der Waals surface area contributed by atoms with E-state index in [1.165, 1.54) is 23.4 Å². The Labute approximate surface area is 176 Å². The molecule has 2 aromatic carbocycles. The molecule has 1 fully saturated rings. The number of sulfonamides is 1. The van der Waals surface area contributed by atoms with E-state index in [-0.39, 0.29) is 17.4 Å². The minimum Gasteiger partial charge on any atom is -0.482 e. The molecule has 1 heterocycles. The number of nitrogens with one attached hydrogen (secondary N) is 2. The second-order valence-corrected chi connectivity index (χ2v) is 8.94. The highest BCUT2D eigenvalue weighted by Crippen LogP contribution is 2.24. The van der Waals surface area contributed by atoms with E-state index in [0.717, 1.165) is 19.3 Å². The van der Waals surface area contributed by atoms with Crippen LogP contribution in [0, 0.1) is 0 Å². The van der Waals surface area contributed by atoms with Crippen molar-refractivity contribution in [2.45, 2.75) is 31.1 Å². The maximum absolute atomic E-state index is 12.7. The molecule has 0 spiro atoms. The summed E-state index contributed by atoms with van der Waals surface area (Å²) in [7, 11) is -3.51. The van der Waals surface area contributed by atoms with Crippen molar-refractivity contribution < 1.29 is 22.7 Å². The number of hydrogen-bond acceptors (Lipinski definition) is 5. The van der Waals surface area contributed by atoms with Gasteiger partial charge in [-0.25, -0.2) is 8.42 Å². The minimum absolute atomic E-state index is 0.211. The molecule has 0 aromatic heterocycles. The van der Waals surface area contributed by atoms with E-state index in [9.17, 15) is 18.0 Å². The van der Waals surface area contributed by atoms with Gasteiger partial charge in [-0.3, -0.25) is 9.59 Å². The lowest BCUT2D eigenvalue weighted by Crippen LogP contribution is -2.35. The number of rotatable bonds is 7. The smallest absolute Gasteiger partial charge is 0.262 e. The third-order valence-electron chi connectivity index (χ3n) is 4.65. The van der Waals surface area contributed by atoms with Crippen LogP contribution in [-0.2, 0) is 19.6 Å². The molecule has 0 unspecified atom stereocenters. The van der Waals surface area contributed by atoms with E-state index in [0.29, 0.717) is 30.2 Å². The van der Waals surface area contributed by atoms with Gasteiger partial charge in [-0.05, 0) is 49.2 Å². The van der Waals surface area contributed by atoms with Crippen LogP contribution in [0.25, 0.3) is 0 Å². The Morgan fingerprint density at radius 1 is 0.967 bits per heavy atom. The van der Waals surface area contributed by atoms with Gasteiger partial charge >= 0.3 is 0 Å². The summed E-state index contributed by atoms with van der Waals surface area (Å²) in [5, 5.41) is 5.31. The zero-order valence-electron chi connectivity index (χ0n) is 16.8. The molecular weight excluding hydrogens is 406 g/mol. The van der Waals surface area contributed by atoms with Crippen LogP contribution >= 0.6 is 0 Å². The fourth-order valence-corrected chi connectivity index (χ4v) is 4.71. The first-order chi connectivity index (χ1) is 14.4. The van der Waals surface area contributed by atoms with Gasteiger partial charge in [-0.1, -0.05) is 18.6 Å². The van der Waals surface area contributed by atoms with Gasteiger partial charge in [0.05, 0.1) is 10.6 Å². The van der Waals surface area contributed by atoms with Crippen molar-refractivity contribution in [1.29, 1.82) is 0 Å². The normalized spacial score (nSPS) is 14.7. The fourth-order valence-electron chi connectivity index (χ4n) is 3.19. The van der Waals surface area contributed by atoms with Crippen LogP contribution in [0.1, 0.15) is 26.2 Å². The Balaban J connectivity index is 1.58. The largest absolute Gasteiger partial charge is 0.482 e. The van der Waals surface area contributed by atoms with Crippen molar-refractivity contribution >= 4 is 33.2 Å². The van der Waals surface area contributed by atoms with E-state index >= 15 is 0 Å².